The molecule has 0 aliphatic carbocycles. The maximum atomic E-state index is 13.0. The number of nitrogens with one attached hydrogen (secondary N) is 2. The van der Waals surface area contributed by atoms with E-state index in [0.29, 0.717) is 30.8 Å². The minimum Gasteiger partial charge on any atom is -0.378 e. The van der Waals surface area contributed by atoms with E-state index in [4.69, 9.17) is 0 Å². The molecule has 0 aliphatic rings. The number of amides is 2. The van der Waals surface area contributed by atoms with E-state index in [1.165, 1.54) is 0 Å². The highest BCUT2D eigenvalue weighted by molar-refractivity contribution is 8.01. The first-order valence-corrected chi connectivity index (χ1v) is 14.1. The second-order valence-corrected chi connectivity index (χ2v) is 10.7. The average molecular weight is 538 g/mol. The summed E-state index contributed by atoms with van der Waals surface area (Å²) >= 11 is 1.62. The van der Waals surface area contributed by atoms with Crippen LogP contribution in [0.25, 0.3) is 0 Å². The molecule has 2 N–H and O–H groups in total. The molecule has 39 heavy (non-hydrogen) atoms. The van der Waals surface area contributed by atoms with Crippen molar-refractivity contribution >= 4 is 29.3 Å². The number of nitrogens with zero attached hydrogens (tertiary/aromatic N) is 1. The van der Waals surface area contributed by atoms with Crippen LogP contribution in [-0.2, 0) is 9.54 Å². The number of rotatable bonds is 12. The zero-order valence-electron chi connectivity index (χ0n) is 22.5. The molecule has 2 amide bonds. The number of benzene rings is 4. The van der Waals surface area contributed by atoms with Gasteiger partial charge in [-0.1, -0.05) is 91.0 Å². The molecule has 200 valence electrons. The van der Waals surface area contributed by atoms with Crippen LogP contribution in [0.1, 0.15) is 33.5 Å². The maximum Gasteiger partial charge on any atom is 0.251 e. The van der Waals surface area contributed by atoms with E-state index in [1.807, 2.05) is 97.9 Å². The van der Waals surface area contributed by atoms with Gasteiger partial charge in [-0.15, -0.1) is 11.8 Å². The molecule has 6 heteroatoms. The Balaban J connectivity index is 1.36. The lowest BCUT2D eigenvalue weighted by Crippen LogP contribution is -2.33. The third-order valence-corrected chi connectivity index (χ3v) is 8.11. The molecule has 5 nitrogen and oxygen atoms in total. The highest BCUT2D eigenvalue weighted by atomic mass is 32.2. The topological polar surface area (TPSA) is 61.4 Å². The highest BCUT2D eigenvalue weighted by Crippen LogP contribution is 2.48. The molecule has 0 saturated carbocycles. The summed E-state index contributed by atoms with van der Waals surface area (Å²) in [6, 6.07) is 38.5. The molecular weight excluding hydrogens is 502 g/mol. The van der Waals surface area contributed by atoms with Crippen LogP contribution in [0.3, 0.4) is 0 Å². The Bertz CT molecular complexity index is 1230. The molecular formula is C33H35N3O2S. The Kier molecular flexibility index (Phi) is 9.81. The number of anilines is 1. The van der Waals surface area contributed by atoms with Crippen molar-refractivity contribution in [3.05, 3.63) is 138 Å². The quantitative estimate of drug-likeness (QED) is 0.179. The maximum absolute atomic E-state index is 13.0. The molecule has 4 aromatic carbocycles. The predicted octanol–water partition coefficient (Wildman–Crippen LogP) is 5.71. The van der Waals surface area contributed by atoms with E-state index < -0.39 is 4.75 Å². The molecule has 0 atom stereocenters. The molecule has 0 spiro atoms. The van der Waals surface area contributed by atoms with Crippen molar-refractivity contribution in [1.29, 1.82) is 0 Å². The predicted molar refractivity (Wildman–Crippen MR) is 162 cm³/mol. The number of hydrogen-bond acceptors (Lipinski definition) is 4. The van der Waals surface area contributed by atoms with Crippen LogP contribution < -0.4 is 15.5 Å². The van der Waals surface area contributed by atoms with Crippen molar-refractivity contribution in [2.24, 2.45) is 0 Å². The van der Waals surface area contributed by atoms with Crippen LogP contribution in [0.2, 0.25) is 0 Å². The zero-order chi connectivity index (χ0) is 27.5. The summed E-state index contributed by atoms with van der Waals surface area (Å²) in [6.07, 6.45) is 0.652. The lowest BCUT2D eigenvalue weighted by molar-refractivity contribution is -0.118. The van der Waals surface area contributed by atoms with E-state index >= 15 is 0 Å². The Hall–Kier alpha value is -4.03. The number of carbonyl (C=O) groups excluding carboxylic acids is 2. The molecule has 4 rings (SSSR count). The van der Waals surface area contributed by atoms with Gasteiger partial charge in [0.15, 0.2) is 0 Å². The lowest BCUT2D eigenvalue weighted by Gasteiger charge is -2.35. The van der Waals surface area contributed by atoms with Gasteiger partial charge in [0.05, 0.1) is 10.5 Å². The number of thioether (sulfide) groups is 1. The summed E-state index contributed by atoms with van der Waals surface area (Å²) in [5, 5.41) is 5.96. The molecule has 0 bridgehead atoms. The first kappa shape index (κ1) is 28.0. The fourth-order valence-corrected chi connectivity index (χ4v) is 5.88. The third kappa shape index (κ3) is 7.09. The molecule has 4 aromatic rings. The summed E-state index contributed by atoms with van der Waals surface area (Å²) in [6.45, 7) is 0.984. The smallest absolute Gasteiger partial charge is 0.251 e. The van der Waals surface area contributed by atoms with Gasteiger partial charge in [0.1, 0.15) is 0 Å². The summed E-state index contributed by atoms with van der Waals surface area (Å²) in [7, 11) is 3.93. The highest BCUT2D eigenvalue weighted by Gasteiger charge is 2.37. The van der Waals surface area contributed by atoms with E-state index in [0.717, 1.165) is 22.4 Å². The largest absolute Gasteiger partial charge is 0.378 e. The molecule has 0 aromatic heterocycles. The molecule has 0 radical (unpaired) electrons. The van der Waals surface area contributed by atoms with Crippen LogP contribution in [-0.4, -0.2) is 44.8 Å². The fraction of sp³-hybridized carbons (Fsp3) is 0.212. The minimum absolute atomic E-state index is 0.0298. The standard InChI is InChI=1S/C33H35N3O2S/c1-36(2)30-21-19-26(20-22-30)32(38)35-24-12-23-34-31(37)25-39-33(27-13-6-3-7-14-27,28-15-8-4-9-16-28)29-17-10-5-11-18-29/h3-11,13-22H,12,23-25H2,1-2H3,(H,34,37)(H,35,38). The monoisotopic (exact) mass is 537 g/mol. The Morgan fingerprint density at radius 2 is 1.13 bits per heavy atom. The van der Waals surface area contributed by atoms with Gasteiger partial charge >= 0.3 is 0 Å². The molecule has 0 aliphatic heterocycles. The molecule has 0 saturated heterocycles. The van der Waals surface area contributed by atoms with E-state index in [9.17, 15) is 9.59 Å². The van der Waals surface area contributed by atoms with Crippen molar-refractivity contribution < 1.29 is 9.59 Å². The second kappa shape index (κ2) is 13.7. The second-order valence-electron chi connectivity index (χ2n) is 9.47. The van der Waals surface area contributed by atoms with Gasteiger partial charge in [-0.25, -0.2) is 0 Å². The van der Waals surface area contributed by atoms with Crippen LogP contribution in [0.4, 0.5) is 5.69 Å². The summed E-state index contributed by atoms with van der Waals surface area (Å²) in [4.78, 5) is 27.4. The van der Waals surface area contributed by atoms with Crippen LogP contribution in [0.15, 0.2) is 115 Å². The van der Waals surface area contributed by atoms with Crippen LogP contribution in [0, 0.1) is 0 Å². The van der Waals surface area contributed by atoms with Gasteiger partial charge < -0.3 is 15.5 Å². The van der Waals surface area contributed by atoms with Crippen molar-refractivity contribution in [3.63, 3.8) is 0 Å². The average Bonchev–Trinajstić information content (AvgIpc) is 2.99. The lowest BCUT2D eigenvalue weighted by atomic mass is 9.84. The molecule has 0 unspecified atom stereocenters. The van der Waals surface area contributed by atoms with Crippen molar-refractivity contribution in [2.45, 2.75) is 11.2 Å². The van der Waals surface area contributed by atoms with Gasteiger partial charge in [0.25, 0.3) is 5.91 Å². The van der Waals surface area contributed by atoms with E-state index in [-0.39, 0.29) is 11.8 Å². The Morgan fingerprint density at radius 1 is 0.667 bits per heavy atom. The third-order valence-electron chi connectivity index (χ3n) is 6.57. The Labute approximate surface area is 235 Å². The fourth-order valence-electron chi connectivity index (χ4n) is 4.52. The van der Waals surface area contributed by atoms with Gasteiger partial charge in [0.2, 0.25) is 5.91 Å². The van der Waals surface area contributed by atoms with Crippen molar-refractivity contribution in [3.8, 4) is 0 Å². The molecule has 0 heterocycles. The van der Waals surface area contributed by atoms with Crippen LogP contribution in [0.5, 0.6) is 0 Å². The normalized spacial score (nSPS) is 11.0. The van der Waals surface area contributed by atoms with E-state index in [1.54, 1.807) is 11.8 Å². The van der Waals surface area contributed by atoms with Gasteiger partial charge in [0, 0.05) is 38.4 Å². The first-order chi connectivity index (χ1) is 19.0. The SMILES string of the molecule is CN(C)c1ccc(C(=O)NCCCNC(=O)CSC(c2ccccc2)(c2ccccc2)c2ccccc2)cc1. The summed E-state index contributed by atoms with van der Waals surface area (Å²) in [5.74, 6) is 0.154. The Morgan fingerprint density at radius 3 is 1.59 bits per heavy atom. The van der Waals surface area contributed by atoms with Crippen molar-refractivity contribution in [2.75, 3.05) is 37.8 Å². The van der Waals surface area contributed by atoms with Crippen LogP contribution >= 0.6 is 11.8 Å². The van der Waals surface area contributed by atoms with E-state index in [2.05, 4.69) is 47.0 Å². The number of carbonyl (C=O) groups is 2. The zero-order valence-corrected chi connectivity index (χ0v) is 23.3. The minimum atomic E-state index is -0.531. The summed E-state index contributed by atoms with van der Waals surface area (Å²) < 4.78 is -0.531. The number of hydrogen-bond donors (Lipinski definition) is 2. The van der Waals surface area contributed by atoms with Gasteiger partial charge in [-0.05, 0) is 47.4 Å². The first-order valence-electron chi connectivity index (χ1n) is 13.1. The molecule has 0 fully saturated rings. The van der Waals surface area contributed by atoms with Crippen molar-refractivity contribution in [1.82, 2.24) is 10.6 Å². The van der Waals surface area contributed by atoms with Gasteiger partial charge in [-0.2, -0.15) is 0 Å². The summed E-state index contributed by atoms with van der Waals surface area (Å²) in [5.41, 5.74) is 5.05. The van der Waals surface area contributed by atoms with Gasteiger partial charge in [-0.3, -0.25) is 9.59 Å².